The summed E-state index contributed by atoms with van der Waals surface area (Å²) in [6.45, 7) is 2.46. The predicted octanol–water partition coefficient (Wildman–Crippen LogP) is 3.83. The molecule has 1 saturated heterocycles. The molecule has 4 rings (SSSR count). The molecular formula is C23H27ClN4O2. The number of halogens is 1. The topological polar surface area (TPSA) is 66.0 Å². The molecule has 2 aliphatic rings. The van der Waals surface area contributed by atoms with Crippen molar-refractivity contribution in [2.75, 3.05) is 44.0 Å². The first kappa shape index (κ1) is 20.7. The monoisotopic (exact) mass is 426 g/mol. The van der Waals surface area contributed by atoms with E-state index in [1.165, 1.54) is 0 Å². The van der Waals surface area contributed by atoms with Gasteiger partial charge in [-0.15, -0.1) is 0 Å². The van der Waals surface area contributed by atoms with Gasteiger partial charge in [-0.25, -0.2) is 0 Å². The number of anilines is 2. The van der Waals surface area contributed by atoms with Crippen molar-refractivity contribution in [3.05, 3.63) is 59.1 Å². The molecule has 1 fully saturated rings. The summed E-state index contributed by atoms with van der Waals surface area (Å²) < 4.78 is 5.18. The molecule has 7 heteroatoms. The molecule has 2 heterocycles. The standard InChI is InChI=1S/C23H27ClN4O2/c1-30-14-12-25-22-23(27-20-6-3-2-5-19(20)26-22)11-4-13-28(16-23)21(29)15-17-7-9-18(24)10-8-17/h2-3,5-10,27H,4,11-16H2,1H3,(H,25,26)/t23-/m1/s1. The smallest absolute Gasteiger partial charge is 0.227 e. The molecule has 0 bridgehead atoms. The van der Waals surface area contributed by atoms with Gasteiger partial charge >= 0.3 is 0 Å². The van der Waals surface area contributed by atoms with Crippen LogP contribution in [0.4, 0.5) is 11.4 Å². The summed E-state index contributed by atoms with van der Waals surface area (Å²) in [6, 6.07) is 15.6. The fourth-order valence-electron chi connectivity index (χ4n) is 4.16. The summed E-state index contributed by atoms with van der Waals surface area (Å²) in [5.41, 5.74) is 2.59. The molecule has 2 aromatic rings. The Labute approximate surface area is 182 Å². The van der Waals surface area contributed by atoms with Crippen molar-refractivity contribution in [2.24, 2.45) is 4.99 Å². The molecule has 6 nitrogen and oxygen atoms in total. The number of rotatable bonds is 5. The summed E-state index contributed by atoms with van der Waals surface area (Å²) >= 11 is 5.97. The number of carbonyl (C=O) groups is 1. The van der Waals surface area contributed by atoms with Gasteiger partial charge in [0.05, 0.1) is 37.5 Å². The first-order valence-corrected chi connectivity index (χ1v) is 10.7. The maximum Gasteiger partial charge on any atom is 0.227 e. The molecule has 1 spiro atoms. The number of fused-ring (bicyclic) bond motifs is 1. The summed E-state index contributed by atoms with van der Waals surface area (Å²) in [6.07, 6.45) is 2.19. The molecule has 1 atom stereocenters. The number of ether oxygens (including phenoxy) is 1. The van der Waals surface area contributed by atoms with Crippen LogP contribution in [0.2, 0.25) is 5.02 Å². The minimum absolute atomic E-state index is 0.119. The predicted molar refractivity (Wildman–Crippen MR) is 122 cm³/mol. The molecule has 0 saturated carbocycles. The second-order valence-corrected chi connectivity index (χ2v) is 8.26. The van der Waals surface area contributed by atoms with Crippen LogP contribution >= 0.6 is 11.6 Å². The third-order valence-corrected chi connectivity index (χ3v) is 5.94. The average molecular weight is 427 g/mol. The van der Waals surface area contributed by atoms with Crippen LogP contribution in [-0.2, 0) is 16.0 Å². The number of aliphatic imine (C=N–C) groups is 1. The molecule has 2 N–H and O–H groups in total. The molecule has 2 aromatic carbocycles. The molecule has 1 amide bonds. The zero-order valence-corrected chi connectivity index (χ0v) is 17.9. The van der Waals surface area contributed by atoms with Crippen molar-refractivity contribution < 1.29 is 9.53 Å². The lowest BCUT2D eigenvalue weighted by Crippen LogP contribution is -2.62. The lowest BCUT2D eigenvalue weighted by atomic mass is 9.85. The van der Waals surface area contributed by atoms with Crippen LogP contribution in [0.3, 0.4) is 0 Å². The van der Waals surface area contributed by atoms with E-state index in [2.05, 4.69) is 16.7 Å². The number of benzene rings is 2. The fourth-order valence-corrected chi connectivity index (χ4v) is 4.28. The van der Waals surface area contributed by atoms with Crippen molar-refractivity contribution >= 4 is 34.7 Å². The summed E-state index contributed by atoms with van der Waals surface area (Å²) in [5, 5.41) is 7.89. The van der Waals surface area contributed by atoms with Crippen LogP contribution in [0.1, 0.15) is 18.4 Å². The average Bonchev–Trinajstić information content (AvgIpc) is 2.76. The highest BCUT2D eigenvalue weighted by molar-refractivity contribution is 6.30. The Morgan fingerprint density at radius 1 is 1.20 bits per heavy atom. The Balaban J connectivity index is 1.56. The van der Waals surface area contributed by atoms with E-state index < -0.39 is 5.54 Å². The number of para-hydroxylation sites is 2. The van der Waals surface area contributed by atoms with E-state index in [0.717, 1.165) is 42.2 Å². The highest BCUT2D eigenvalue weighted by Gasteiger charge is 2.44. The molecule has 0 unspecified atom stereocenters. The molecule has 158 valence electrons. The van der Waals surface area contributed by atoms with Crippen molar-refractivity contribution in [3.63, 3.8) is 0 Å². The van der Waals surface area contributed by atoms with Gasteiger partial charge in [0, 0.05) is 18.7 Å². The number of amides is 1. The Morgan fingerprint density at radius 3 is 2.73 bits per heavy atom. The van der Waals surface area contributed by atoms with Gasteiger partial charge in [-0.3, -0.25) is 9.79 Å². The number of likely N-dealkylation sites (tertiary alicyclic amines) is 1. The number of nitrogens with zero attached hydrogens (tertiary/aromatic N) is 2. The van der Waals surface area contributed by atoms with Gasteiger partial charge in [0.2, 0.25) is 5.91 Å². The van der Waals surface area contributed by atoms with Crippen LogP contribution in [0, 0.1) is 0 Å². The zero-order chi connectivity index (χ0) is 21.0. The maximum atomic E-state index is 13.1. The van der Waals surface area contributed by atoms with Crippen LogP contribution in [0.15, 0.2) is 53.5 Å². The van der Waals surface area contributed by atoms with Crippen molar-refractivity contribution in [2.45, 2.75) is 24.8 Å². The molecule has 0 radical (unpaired) electrons. The van der Waals surface area contributed by atoms with Gasteiger partial charge in [0.25, 0.3) is 0 Å². The number of nitrogens with one attached hydrogen (secondary N) is 2. The van der Waals surface area contributed by atoms with Gasteiger partial charge in [0.1, 0.15) is 11.4 Å². The largest absolute Gasteiger partial charge is 0.383 e. The zero-order valence-electron chi connectivity index (χ0n) is 17.2. The van der Waals surface area contributed by atoms with Crippen LogP contribution < -0.4 is 10.6 Å². The Hall–Kier alpha value is -2.57. The number of amidine groups is 1. The fraction of sp³-hybridized carbons (Fsp3) is 0.391. The number of carbonyl (C=O) groups excluding carboxylic acids is 1. The van der Waals surface area contributed by atoms with Gasteiger partial charge in [-0.2, -0.15) is 0 Å². The van der Waals surface area contributed by atoms with Crippen molar-refractivity contribution in [1.82, 2.24) is 4.90 Å². The first-order chi connectivity index (χ1) is 14.6. The maximum absolute atomic E-state index is 13.1. The van der Waals surface area contributed by atoms with E-state index in [4.69, 9.17) is 21.3 Å². The molecule has 0 aromatic heterocycles. The van der Waals surface area contributed by atoms with Gasteiger partial charge in [0.15, 0.2) is 0 Å². The second kappa shape index (κ2) is 9.06. The minimum atomic E-state index is -0.421. The molecule has 30 heavy (non-hydrogen) atoms. The van der Waals surface area contributed by atoms with E-state index in [1.54, 1.807) is 7.11 Å². The van der Waals surface area contributed by atoms with Gasteiger partial charge in [-0.1, -0.05) is 35.9 Å². The quantitative estimate of drug-likeness (QED) is 0.713. The SMILES string of the molecule is COCCN=C1Nc2ccccc2N[C@@]12CCCN(C(=O)Cc1ccc(Cl)cc1)C2. The van der Waals surface area contributed by atoms with E-state index in [9.17, 15) is 4.79 Å². The number of piperidine rings is 1. The highest BCUT2D eigenvalue weighted by atomic mass is 35.5. The van der Waals surface area contributed by atoms with E-state index in [-0.39, 0.29) is 5.91 Å². The molecule has 2 aliphatic heterocycles. The number of hydrogen-bond donors (Lipinski definition) is 2. The van der Waals surface area contributed by atoms with Crippen LogP contribution in [-0.4, -0.2) is 55.5 Å². The lowest BCUT2D eigenvalue weighted by molar-refractivity contribution is -0.131. The third-order valence-electron chi connectivity index (χ3n) is 5.69. The van der Waals surface area contributed by atoms with Gasteiger partial charge < -0.3 is 20.3 Å². The Morgan fingerprint density at radius 2 is 1.97 bits per heavy atom. The van der Waals surface area contributed by atoms with E-state index in [0.29, 0.717) is 31.1 Å². The normalized spacial score (nSPS) is 21.8. The van der Waals surface area contributed by atoms with Crippen molar-refractivity contribution in [1.29, 1.82) is 0 Å². The second-order valence-electron chi connectivity index (χ2n) is 7.82. The molecule has 0 aliphatic carbocycles. The summed E-state index contributed by atoms with van der Waals surface area (Å²) in [7, 11) is 1.68. The Kier molecular flexibility index (Phi) is 6.25. The lowest BCUT2D eigenvalue weighted by Gasteiger charge is -2.47. The molecular weight excluding hydrogens is 400 g/mol. The Bertz CT molecular complexity index is 931. The third kappa shape index (κ3) is 4.45. The van der Waals surface area contributed by atoms with Crippen molar-refractivity contribution in [3.8, 4) is 0 Å². The van der Waals surface area contributed by atoms with Crippen LogP contribution in [0.25, 0.3) is 0 Å². The minimum Gasteiger partial charge on any atom is -0.383 e. The summed E-state index contributed by atoms with van der Waals surface area (Å²) in [4.78, 5) is 19.8. The van der Waals surface area contributed by atoms with Gasteiger partial charge in [-0.05, 0) is 42.7 Å². The van der Waals surface area contributed by atoms with E-state index >= 15 is 0 Å². The number of methoxy groups -OCH3 is 1. The van der Waals surface area contributed by atoms with Crippen LogP contribution in [0.5, 0.6) is 0 Å². The number of hydrogen-bond acceptors (Lipinski definition) is 4. The summed E-state index contributed by atoms with van der Waals surface area (Å²) in [5.74, 6) is 0.996. The highest BCUT2D eigenvalue weighted by Crippen LogP contribution is 2.36. The van der Waals surface area contributed by atoms with E-state index in [1.807, 2.05) is 47.4 Å². The first-order valence-electron chi connectivity index (χ1n) is 10.3.